The van der Waals surface area contributed by atoms with Crippen LogP contribution in [0.4, 0.5) is 4.39 Å². The van der Waals surface area contributed by atoms with Crippen molar-refractivity contribution in [2.75, 3.05) is 26.2 Å². The van der Waals surface area contributed by atoms with E-state index in [1.807, 2.05) is 12.1 Å². The van der Waals surface area contributed by atoms with Gasteiger partial charge in [0.15, 0.2) is 0 Å². The molecule has 0 aromatic heterocycles. The summed E-state index contributed by atoms with van der Waals surface area (Å²) in [6.45, 7) is 13.3. The smallest absolute Gasteiger partial charge is 0.123 e. The van der Waals surface area contributed by atoms with Crippen molar-refractivity contribution in [3.05, 3.63) is 35.6 Å². The maximum absolute atomic E-state index is 13.1. The van der Waals surface area contributed by atoms with Gasteiger partial charge in [-0.25, -0.2) is 4.39 Å². The summed E-state index contributed by atoms with van der Waals surface area (Å²) in [5.74, 6) is 0.348. The van der Waals surface area contributed by atoms with Crippen LogP contribution in [-0.4, -0.2) is 37.1 Å². The number of piperidine rings is 1. The molecular formula is C18H29FN2. The van der Waals surface area contributed by atoms with Crippen molar-refractivity contribution < 1.29 is 4.39 Å². The molecule has 0 radical (unpaired) electrons. The number of likely N-dealkylation sites (tertiary alicyclic amines) is 1. The van der Waals surface area contributed by atoms with E-state index in [0.29, 0.717) is 17.4 Å². The molecule has 1 saturated heterocycles. The number of nitrogens with zero attached hydrogens (tertiary/aromatic N) is 1. The van der Waals surface area contributed by atoms with Gasteiger partial charge in [0.2, 0.25) is 0 Å². The highest BCUT2D eigenvalue weighted by atomic mass is 19.1. The second-order valence-corrected chi connectivity index (χ2v) is 7.47. The first-order valence-electron chi connectivity index (χ1n) is 8.08. The van der Waals surface area contributed by atoms with Crippen LogP contribution in [0.2, 0.25) is 0 Å². The SMILES string of the molecule is CCN1CC(NCC(C)(C)C)CC(c2ccc(F)cc2)C1. The lowest BCUT2D eigenvalue weighted by Gasteiger charge is -2.39. The Morgan fingerprint density at radius 3 is 2.43 bits per heavy atom. The lowest BCUT2D eigenvalue weighted by Crippen LogP contribution is -2.50. The van der Waals surface area contributed by atoms with Gasteiger partial charge in [-0.05, 0) is 42.0 Å². The van der Waals surface area contributed by atoms with Gasteiger partial charge in [-0.3, -0.25) is 0 Å². The first-order chi connectivity index (χ1) is 9.87. The Morgan fingerprint density at radius 2 is 1.86 bits per heavy atom. The second kappa shape index (κ2) is 6.89. The van der Waals surface area contributed by atoms with Crippen LogP contribution in [0.3, 0.4) is 0 Å². The van der Waals surface area contributed by atoms with Crippen molar-refractivity contribution in [2.45, 2.75) is 46.1 Å². The molecule has 1 aliphatic heterocycles. The Bertz CT molecular complexity index is 436. The van der Waals surface area contributed by atoms with Crippen LogP contribution in [-0.2, 0) is 0 Å². The van der Waals surface area contributed by atoms with Gasteiger partial charge in [0.05, 0.1) is 0 Å². The van der Waals surface area contributed by atoms with Crippen molar-refractivity contribution >= 4 is 0 Å². The summed E-state index contributed by atoms with van der Waals surface area (Å²) in [5, 5.41) is 3.72. The number of nitrogens with one attached hydrogen (secondary N) is 1. The molecule has 1 aromatic rings. The molecule has 1 heterocycles. The fourth-order valence-corrected chi connectivity index (χ4v) is 3.02. The fraction of sp³-hybridized carbons (Fsp3) is 0.667. The topological polar surface area (TPSA) is 15.3 Å². The summed E-state index contributed by atoms with van der Waals surface area (Å²) in [5.41, 5.74) is 1.57. The maximum Gasteiger partial charge on any atom is 0.123 e. The van der Waals surface area contributed by atoms with E-state index in [2.05, 4.69) is 37.9 Å². The van der Waals surface area contributed by atoms with Gasteiger partial charge < -0.3 is 10.2 Å². The van der Waals surface area contributed by atoms with E-state index in [9.17, 15) is 4.39 Å². The van der Waals surface area contributed by atoms with Gasteiger partial charge in [0.1, 0.15) is 5.82 Å². The van der Waals surface area contributed by atoms with E-state index >= 15 is 0 Å². The van der Waals surface area contributed by atoms with E-state index in [-0.39, 0.29) is 5.82 Å². The number of likely N-dealkylation sites (N-methyl/N-ethyl adjacent to an activating group) is 1. The van der Waals surface area contributed by atoms with Crippen molar-refractivity contribution in [1.82, 2.24) is 10.2 Å². The maximum atomic E-state index is 13.1. The molecule has 3 heteroatoms. The van der Waals surface area contributed by atoms with E-state index in [4.69, 9.17) is 0 Å². The average molecular weight is 292 g/mol. The minimum Gasteiger partial charge on any atom is -0.312 e. The van der Waals surface area contributed by atoms with E-state index in [1.165, 1.54) is 5.56 Å². The highest BCUT2D eigenvalue weighted by molar-refractivity contribution is 5.22. The molecule has 0 saturated carbocycles. The first-order valence-corrected chi connectivity index (χ1v) is 8.08. The van der Waals surface area contributed by atoms with Crippen LogP contribution < -0.4 is 5.32 Å². The molecule has 0 spiro atoms. The van der Waals surface area contributed by atoms with Gasteiger partial charge in [0.25, 0.3) is 0 Å². The summed E-state index contributed by atoms with van der Waals surface area (Å²) >= 11 is 0. The number of hydrogen-bond acceptors (Lipinski definition) is 2. The number of rotatable bonds is 4. The predicted molar refractivity (Wildman–Crippen MR) is 87.1 cm³/mol. The molecule has 1 fully saturated rings. The molecule has 2 nitrogen and oxygen atoms in total. The zero-order valence-corrected chi connectivity index (χ0v) is 13.8. The van der Waals surface area contributed by atoms with Crippen molar-refractivity contribution in [2.24, 2.45) is 5.41 Å². The van der Waals surface area contributed by atoms with E-state index < -0.39 is 0 Å². The van der Waals surface area contributed by atoms with Gasteiger partial charge in [-0.2, -0.15) is 0 Å². The standard InChI is InChI=1S/C18H29FN2/c1-5-21-11-15(14-6-8-16(19)9-7-14)10-17(12-21)20-13-18(2,3)4/h6-9,15,17,20H,5,10-13H2,1-4H3. The third kappa shape index (κ3) is 5.08. The Hall–Kier alpha value is -0.930. The monoisotopic (exact) mass is 292 g/mol. The molecular weight excluding hydrogens is 263 g/mol. The molecule has 0 aliphatic carbocycles. The third-order valence-electron chi connectivity index (χ3n) is 4.24. The Morgan fingerprint density at radius 1 is 1.19 bits per heavy atom. The van der Waals surface area contributed by atoms with Crippen LogP contribution in [0, 0.1) is 11.2 Å². The molecule has 21 heavy (non-hydrogen) atoms. The zero-order chi connectivity index (χ0) is 15.5. The Kier molecular flexibility index (Phi) is 5.39. The van der Waals surface area contributed by atoms with E-state index in [1.54, 1.807) is 12.1 Å². The summed E-state index contributed by atoms with van der Waals surface area (Å²) in [7, 11) is 0. The van der Waals surface area contributed by atoms with Crippen LogP contribution in [0.25, 0.3) is 0 Å². The first kappa shape index (κ1) is 16.4. The van der Waals surface area contributed by atoms with Crippen LogP contribution in [0.1, 0.15) is 45.6 Å². The number of hydrogen-bond donors (Lipinski definition) is 1. The molecule has 2 rings (SSSR count). The summed E-state index contributed by atoms with van der Waals surface area (Å²) in [6.07, 6.45) is 1.14. The summed E-state index contributed by atoms with van der Waals surface area (Å²) < 4.78 is 13.1. The number of halogens is 1. The molecule has 118 valence electrons. The molecule has 1 N–H and O–H groups in total. The largest absolute Gasteiger partial charge is 0.312 e. The quantitative estimate of drug-likeness (QED) is 0.911. The minimum absolute atomic E-state index is 0.149. The Balaban J connectivity index is 2.02. The molecule has 1 aromatic carbocycles. The van der Waals surface area contributed by atoms with Crippen molar-refractivity contribution in [3.8, 4) is 0 Å². The van der Waals surface area contributed by atoms with Gasteiger partial charge >= 0.3 is 0 Å². The molecule has 2 unspecified atom stereocenters. The highest BCUT2D eigenvalue weighted by Gasteiger charge is 2.28. The lowest BCUT2D eigenvalue weighted by atomic mass is 9.87. The number of benzene rings is 1. The van der Waals surface area contributed by atoms with Crippen molar-refractivity contribution in [3.63, 3.8) is 0 Å². The highest BCUT2D eigenvalue weighted by Crippen LogP contribution is 2.27. The van der Waals surface area contributed by atoms with Crippen LogP contribution in [0.5, 0.6) is 0 Å². The summed E-state index contributed by atoms with van der Waals surface area (Å²) in [6, 6.07) is 7.57. The lowest BCUT2D eigenvalue weighted by molar-refractivity contribution is 0.170. The zero-order valence-electron chi connectivity index (χ0n) is 13.8. The predicted octanol–water partition coefficient (Wildman–Crippen LogP) is 3.64. The minimum atomic E-state index is -0.149. The van der Waals surface area contributed by atoms with Gasteiger partial charge in [-0.1, -0.05) is 39.8 Å². The Labute approximate surface area is 128 Å². The second-order valence-electron chi connectivity index (χ2n) is 7.47. The normalized spacial score (nSPS) is 24.2. The van der Waals surface area contributed by atoms with Gasteiger partial charge in [-0.15, -0.1) is 0 Å². The summed E-state index contributed by atoms with van der Waals surface area (Å²) in [4.78, 5) is 2.50. The average Bonchev–Trinajstić information content (AvgIpc) is 2.45. The molecule has 0 amide bonds. The molecule has 1 aliphatic rings. The van der Waals surface area contributed by atoms with Crippen LogP contribution >= 0.6 is 0 Å². The molecule has 2 atom stereocenters. The van der Waals surface area contributed by atoms with Crippen LogP contribution in [0.15, 0.2) is 24.3 Å². The fourth-order valence-electron chi connectivity index (χ4n) is 3.02. The van der Waals surface area contributed by atoms with E-state index in [0.717, 1.165) is 32.6 Å². The molecule has 0 bridgehead atoms. The third-order valence-corrected chi connectivity index (χ3v) is 4.24. The van der Waals surface area contributed by atoms with Gasteiger partial charge in [0, 0.05) is 25.7 Å². The van der Waals surface area contributed by atoms with Crippen molar-refractivity contribution in [1.29, 1.82) is 0 Å².